The zero-order chi connectivity index (χ0) is 12.4. The van der Waals surface area contributed by atoms with E-state index in [4.69, 9.17) is 0 Å². The maximum atomic E-state index is 2.71. The van der Waals surface area contributed by atoms with Gasteiger partial charge in [0.25, 0.3) is 0 Å². The van der Waals surface area contributed by atoms with E-state index < -0.39 is 0 Å². The molecule has 1 nitrogen and oxygen atoms in total. The second kappa shape index (κ2) is 3.33. The molecule has 96 valence electrons. The smallest absolute Gasteiger partial charge is 0.0640 e. The maximum absolute atomic E-state index is 2.71. The Bertz CT molecular complexity index is 624. The highest BCUT2D eigenvalue weighted by molar-refractivity contribution is 5.72. The van der Waals surface area contributed by atoms with Gasteiger partial charge in [0.1, 0.15) is 0 Å². The largest absolute Gasteiger partial charge is 0.363 e. The average Bonchev–Trinajstić information content (AvgIpc) is 3.02. The van der Waals surface area contributed by atoms with E-state index >= 15 is 0 Å². The second-order valence-electron chi connectivity index (χ2n) is 6.48. The molecule has 2 aliphatic heterocycles. The molecule has 1 aromatic carbocycles. The Morgan fingerprint density at radius 2 is 2.00 bits per heavy atom. The topological polar surface area (TPSA) is 3.24 Å². The van der Waals surface area contributed by atoms with Gasteiger partial charge in [-0.1, -0.05) is 35.9 Å². The standard InChI is InChI=1S/C18H19N/c1-2-8-16-15(7-1)18-11-3-6-14(18)10-9-13-5-4-12-19(16)17(13)18/h1-2,7-10,17H,3-6,11-12H2/t17-,18-/m0/s1. The van der Waals surface area contributed by atoms with Crippen LogP contribution in [0.15, 0.2) is 47.6 Å². The number of hydrogen-bond acceptors (Lipinski definition) is 1. The van der Waals surface area contributed by atoms with Gasteiger partial charge in [0.2, 0.25) is 0 Å². The molecule has 1 spiro atoms. The van der Waals surface area contributed by atoms with E-state index in [9.17, 15) is 0 Å². The summed E-state index contributed by atoms with van der Waals surface area (Å²) in [5.41, 5.74) is 6.89. The van der Waals surface area contributed by atoms with Crippen LogP contribution in [0.4, 0.5) is 5.69 Å². The fraction of sp³-hybridized carbons (Fsp3) is 0.444. The van der Waals surface area contributed by atoms with E-state index in [-0.39, 0.29) is 0 Å². The Balaban J connectivity index is 1.85. The lowest BCUT2D eigenvalue weighted by Gasteiger charge is -2.44. The molecule has 4 aliphatic rings. The number of allylic oxidation sites excluding steroid dienone is 2. The number of anilines is 1. The molecule has 0 amide bonds. The summed E-state index contributed by atoms with van der Waals surface area (Å²) in [5.74, 6) is 0. The molecule has 0 unspecified atom stereocenters. The second-order valence-corrected chi connectivity index (χ2v) is 6.48. The zero-order valence-corrected chi connectivity index (χ0v) is 11.2. The third-order valence-corrected chi connectivity index (χ3v) is 5.78. The number of piperidine rings is 1. The molecule has 2 heterocycles. The first kappa shape index (κ1) is 10.3. The molecule has 1 heteroatoms. The zero-order valence-electron chi connectivity index (χ0n) is 11.2. The summed E-state index contributed by atoms with van der Waals surface area (Å²) in [6.07, 6.45) is 11.6. The van der Waals surface area contributed by atoms with E-state index in [1.807, 2.05) is 0 Å². The minimum Gasteiger partial charge on any atom is -0.363 e. The van der Waals surface area contributed by atoms with Crippen molar-refractivity contribution < 1.29 is 0 Å². The van der Waals surface area contributed by atoms with Crippen LogP contribution in [0.2, 0.25) is 0 Å². The third-order valence-electron chi connectivity index (χ3n) is 5.78. The van der Waals surface area contributed by atoms with Crippen LogP contribution in [-0.4, -0.2) is 12.6 Å². The monoisotopic (exact) mass is 249 g/mol. The molecular weight excluding hydrogens is 230 g/mol. The Morgan fingerprint density at radius 3 is 3.00 bits per heavy atom. The van der Waals surface area contributed by atoms with Crippen molar-refractivity contribution >= 4 is 5.69 Å². The quantitative estimate of drug-likeness (QED) is 0.673. The first-order valence-electron chi connectivity index (χ1n) is 7.67. The SMILES string of the molecule is C1=C2CCCN3c4ccccc4[C@@]4(CCCC4=C1)[C@H]23. The lowest BCUT2D eigenvalue weighted by Crippen LogP contribution is -2.49. The van der Waals surface area contributed by atoms with Crippen LogP contribution in [0.1, 0.15) is 37.7 Å². The molecule has 1 aromatic rings. The van der Waals surface area contributed by atoms with Gasteiger partial charge in [-0.05, 0) is 49.3 Å². The van der Waals surface area contributed by atoms with Crippen molar-refractivity contribution in [1.82, 2.24) is 0 Å². The lowest BCUT2D eigenvalue weighted by molar-refractivity contribution is 0.415. The van der Waals surface area contributed by atoms with Crippen molar-refractivity contribution in [2.75, 3.05) is 11.4 Å². The number of para-hydroxylation sites is 1. The highest BCUT2D eigenvalue weighted by Gasteiger charge is 2.57. The van der Waals surface area contributed by atoms with Gasteiger partial charge >= 0.3 is 0 Å². The van der Waals surface area contributed by atoms with Crippen LogP contribution >= 0.6 is 0 Å². The van der Waals surface area contributed by atoms with Crippen LogP contribution in [0, 0.1) is 0 Å². The summed E-state index contributed by atoms with van der Waals surface area (Å²) < 4.78 is 0. The van der Waals surface area contributed by atoms with Crippen molar-refractivity contribution in [2.45, 2.75) is 43.6 Å². The number of benzene rings is 1. The maximum Gasteiger partial charge on any atom is 0.0640 e. The van der Waals surface area contributed by atoms with E-state index in [1.54, 1.807) is 16.7 Å². The molecule has 0 bridgehead atoms. The van der Waals surface area contributed by atoms with Crippen LogP contribution in [0.3, 0.4) is 0 Å². The third kappa shape index (κ3) is 1.05. The Kier molecular flexibility index (Phi) is 1.81. The van der Waals surface area contributed by atoms with Crippen molar-refractivity contribution in [2.24, 2.45) is 0 Å². The molecule has 2 fully saturated rings. The van der Waals surface area contributed by atoms with Crippen LogP contribution in [-0.2, 0) is 5.41 Å². The fourth-order valence-corrected chi connectivity index (χ4v) is 5.19. The number of rotatable bonds is 0. The molecule has 1 saturated carbocycles. The molecule has 5 rings (SSSR count). The molecule has 0 N–H and O–H groups in total. The van der Waals surface area contributed by atoms with Gasteiger partial charge in [-0.15, -0.1) is 0 Å². The van der Waals surface area contributed by atoms with Gasteiger partial charge in [0.05, 0.1) is 6.04 Å². The minimum atomic E-state index is 0.348. The van der Waals surface area contributed by atoms with Crippen molar-refractivity contribution in [3.63, 3.8) is 0 Å². The van der Waals surface area contributed by atoms with Gasteiger partial charge in [-0.25, -0.2) is 0 Å². The summed E-state index contributed by atoms with van der Waals surface area (Å²) in [6, 6.07) is 9.85. The Labute approximate surface area is 114 Å². The van der Waals surface area contributed by atoms with Crippen LogP contribution in [0.5, 0.6) is 0 Å². The van der Waals surface area contributed by atoms with Gasteiger partial charge in [-0.3, -0.25) is 0 Å². The highest BCUT2D eigenvalue weighted by Crippen LogP contribution is 2.61. The minimum absolute atomic E-state index is 0.348. The summed E-state index contributed by atoms with van der Waals surface area (Å²) in [4.78, 5) is 2.71. The molecule has 2 aliphatic carbocycles. The van der Waals surface area contributed by atoms with E-state index in [0.29, 0.717) is 11.5 Å². The van der Waals surface area contributed by atoms with Gasteiger partial charge in [0, 0.05) is 17.6 Å². The first-order chi connectivity index (χ1) is 9.41. The van der Waals surface area contributed by atoms with Crippen LogP contribution in [0.25, 0.3) is 0 Å². The Morgan fingerprint density at radius 1 is 1.05 bits per heavy atom. The summed E-state index contributed by atoms with van der Waals surface area (Å²) in [6.45, 7) is 1.24. The molecule has 0 aromatic heterocycles. The van der Waals surface area contributed by atoms with Crippen molar-refractivity contribution in [3.05, 3.63) is 53.1 Å². The predicted molar refractivity (Wildman–Crippen MR) is 78.5 cm³/mol. The molecule has 2 atom stereocenters. The van der Waals surface area contributed by atoms with Crippen molar-refractivity contribution in [1.29, 1.82) is 0 Å². The average molecular weight is 249 g/mol. The molecule has 19 heavy (non-hydrogen) atoms. The van der Waals surface area contributed by atoms with Gasteiger partial charge in [-0.2, -0.15) is 0 Å². The first-order valence-corrected chi connectivity index (χ1v) is 7.67. The molecular formula is C18H19N. The van der Waals surface area contributed by atoms with Crippen molar-refractivity contribution in [3.8, 4) is 0 Å². The number of hydrogen-bond donors (Lipinski definition) is 0. The Hall–Kier alpha value is -1.50. The molecule has 0 radical (unpaired) electrons. The fourth-order valence-electron chi connectivity index (χ4n) is 5.19. The lowest BCUT2D eigenvalue weighted by atomic mass is 9.66. The molecule has 1 saturated heterocycles. The number of nitrogens with zero attached hydrogens (tertiary/aromatic N) is 1. The van der Waals surface area contributed by atoms with Crippen LogP contribution < -0.4 is 4.90 Å². The summed E-state index contributed by atoms with van der Waals surface area (Å²) in [7, 11) is 0. The highest BCUT2D eigenvalue weighted by atomic mass is 15.2. The van der Waals surface area contributed by atoms with E-state index in [0.717, 1.165) is 0 Å². The van der Waals surface area contributed by atoms with Gasteiger partial charge in [0.15, 0.2) is 0 Å². The van der Waals surface area contributed by atoms with Gasteiger partial charge < -0.3 is 4.90 Å². The van der Waals surface area contributed by atoms with E-state index in [2.05, 4.69) is 41.3 Å². The summed E-state index contributed by atoms with van der Waals surface area (Å²) in [5, 5.41) is 0. The van der Waals surface area contributed by atoms with E-state index in [1.165, 1.54) is 44.3 Å². The predicted octanol–water partition coefficient (Wildman–Crippen LogP) is 3.96. The normalized spacial score (nSPS) is 34.3. The number of fused-ring (bicyclic) bond motifs is 2. The summed E-state index contributed by atoms with van der Waals surface area (Å²) >= 11 is 0.